The van der Waals surface area contributed by atoms with Gasteiger partial charge in [0, 0.05) is 38.1 Å². The smallest absolute Gasteiger partial charge is 0.193 e. The molecule has 0 saturated carbocycles. The molecule has 2 rings (SSSR count). The van der Waals surface area contributed by atoms with E-state index in [0.717, 1.165) is 51.9 Å². The molecule has 0 radical (unpaired) electrons. The molecule has 1 unspecified atom stereocenters. The molecule has 0 aromatic carbocycles. The fourth-order valence-corrected chi connectivity index (χ4v) is 3.75. The maximum absolute atomic E-state index is 5.52. The molecule has 1 atom stereocenters. The third kappa shape index (κ3) is 7.40. The highest BCUT2D eigenvalue weighted by atomic mass is 127. The first-order valence-electron chi connectivity index (χ1n) is 9.10. The summed E-state index contributed by atoms with van der Waals surface area (Å²) in [4.78, 5) is 11.1. The molecule has 25 heavy (non-hydrogen) atoms. The van der Waals surface area contributed by atoms with Crippen LogP contribution in [0.2, 0.25) is 0 Å². The fourth-order valence-electron chi connectivity index (χ4n) is 2.90. The van der Waals surface area contributed by atoms with E-state index in [9.17, 15) is 0 Å². The van der Waals surface area contributed by atoms with Crippen molar-refractivity contribution in [3.05, 3.63) is 22.4 Å². The number of rotatable bonds is 8. The highest BCUT2D eigenvalue weighted by Gasteiger charge is 2.23. The van der Waals surface area contributed by atoms with E-state index in [4.69, 9.17) is 9.73 Å². The number of aliphatic imine (C=N–C) groups is 1. The van der Waals surface area contributed by atoms with Crippen LogP contribution in [0.1, 0.15) is 37.6 Å². The van der Waals surface area contributed by atoms with E-state index in [1.165, 1.54) is 17.7 Å². The molecule has 144 valence electrons. The molecule has 0 spiro atoms. The summed E-state index contributed by atoms with van der Waals surface area (Å²) < 4.78 is 5.52. The molecule has 1 aliphatic rings. The van der Waals surface area contributed by atoms with Crippen LogP contribution in [0, 0.1) is 0 Å². The molecular formula is C18H33IN4OS. The summed E-state index contributed by atoms with van der Waals surface area (Å²) in [6.07, 6.45) is 2.40. The van der Waals surface area contributed by atoms with Gasteiger partial charge in [-0.1, -0.05) is 19.4 Å². The van der Waals surface area contributed by atoms with Crippen LogP contribution in [-0.4, -0.2) is 68.7 Å². The van der Waals surface area contributed by atoms with Gasteiger partial charge in [-0.25, -0.2) is 0 Å². The van der Waals surface area contributed by atoms with Crippen molar-refractivity contribution in [2.45, 2.75) is 32.7 Å². The molecule has 5 nitrogen and oxygen atoms in total. The van der Waals surface area contributed by atoms with E-state index in [0.29, 0.717) is 6.04 Å². The standard InChI is InChI=1S/C18H32N4OS.HI/c1-4-6-9-21(3)18(19-5-2)20-15-16(17-8-7-14-24-17)22-10-12-23-13-11-22;/h7-8,14,16H,4-6,9-13,15H2,1-3H3,(H,19,20);1H. The maximum atomic E-state index is 5.52. The lowest BCUT2D eigenvalue weighted by Gasteiger charge is -2.33. The minimum absolute atomic E-state index is 0. The Morgan fingerprint density at radius 1 is 1.40 bits per heavy atom. The highest BCUT2D eigenvalue weighted by molar-refractivity contribution is 14.0. The van der Waals surface area contributed by atoms with Crippen LogP contribution in [-0.2, 0) is 4.74 Å². The Kier molecular flexibility index (Phi) is 11.7. The Bertz CT molecular complexity index is 477. The van der Waals surface area contributed by atoms with Crippen LogP contribution in [0.5, 0.6) is 0 Å². The number of halogens is 1. The van der Waals surface area contributed by atoms with E-state index in [1.807, 2.05) is 11.3 Å². The predicted octanol–water partition coefficient (Wildman–Crippen LogP) is 3.44. The largest absolute Gasteiger partial charge is 0.379 e. The second kappa shape index (κ2) is 12.9. The zero-order chi connectivity index (χ0) is 17.2. The number of ether oxygens (including phenoxy) is 1. The quantitative estimate of drug-likeness (QED) is 0.352. The molecule has 0 amide bonds. The van der Waals surface area contributed by atoms with Gasteiger partial charge in [0.1, 0.15) is 0 Å². The van der Waals surface area contributed by atoms with Gasteiger partial charge in [0.25, 0.3) is 0 Å². The molecule has 1 saturated heterocycles. The molecule has 1 fully saturated rings. The van der Waals surface area contributed by atoms with Crippen LogP contribution in [0.4, 0.5) is 0 Å². The summed E-state index contributed by atoms with van der Waals surface area (Å²) in [5, 5.41) is 5.59. The number of nitrogens with one attached hydrogen (secondary N) is 1. The fraction of sp³-hybridized carbons (Fsp3) is 0.722. The van der Waals surface area contributed by atoms with Crippen LogP contribution in [0.25, 0.3) is 0 Å². The van der Waals surface area contributed by atoms with E-state index >= 15 is 0 Å². The zero-order valence-electron chi connectivity index (χ0n) is 15.7. The SMILES string of the molecule is CCCCN(C)C(=NCC(c1cccs1)N1CCOCC1)NCC.I. The van der Waals surface area contributed by atoms with Gasteiger partial charge in [-0.3, -0.25) is 9.89 Å². The van der Waals surface area contributed by atoms with Crippen LogP contribution in [0.3, 0.4) is 0 Å². The first-order valence-corrected chi connectivity index (χ1v) is 9.98. The summed E-state index contributed by atoms with van der Waals surface area (Å²) in [7, 11) is 2.13. The third-order valence-electron chi connectivity index (χ3n) is 4.32. The van der Waals surface area contributed by atoms with Crippen LogP contribution >= 0.6 is 35.3 Å². The lowest BCUT2D eigenvalue weighted by Crippen LogP contribution is -2.42. The monoisotopic (exact) mass is 480 g/mol. The van der Waals surface area contributed by atoms with Gasteiger partial charge in [0.15, 0.2) is 5.96 Å². The average Bonchev–Trinajstić information content (AvgIpc) is 3.14. The van der Waals surface area contributed by atoms with Crippen molar-refractivity contribution < 1.29 is 4.74 Å². The summed E-state index contributed by atoms with van der Waals surface area (Å²) in [5.74, 6) is 1.01. The molecular weight excluding hydrogens is 447 g/mol. The van der Waals surface area contributed by atoms with Gasteiger partial charge in [-0.15, -0.1) is 35.3 Å². The van der Waals surface area contributed by atoms with Gasteiger partial charge in [-0.05, 0) is 24.8 Å². The number of morpholine rings is 1. The molecule has 1 N–H and O–H groups in total. The lowest BCUT2D eigenvalue weighted by atomic mass is 10.2. The van der Waals surface area contributed by atoms with Crippen molar-refractivity contribution >= 4 is 41.3 Å². The second-order valence-electron chi connectivity index (χ2n) is 6.15. The van der Waals surface area contributed by atoms with Crippen molar-refractivity contribution in [2.24, 2.45) is 4.99 Å². The Hall–Kier alpha value is -0.380. The molecule has 0 bridgehead atoms. The summed E-state index contributed by atoms with van der Waals surface area (Å²) in [5.41, 5.74) is 0. The predicted molar refractivity (Wildman–Crippen MR) is 118 cm³/mol. The number of hydrogen-bond donors (Lipinski definition) is 1. The summed E-state index contributed by atoms with van der Waals surface area (Å²) >= 11 is 1.83. The second-order valence-corrected chi connectivity index (χ2v) is 7.13. The first-order chi connectivity index (χ1) is 11.8. The highest BCUT2D eigenvalue weighted by Crippen LogP contribution is 2.26. The van der Waals surface area contributed by atoms with Gasteiger partial charge < -0.3 is 15.0 Å². The number of thiophene rings is 1. The summed E-state index contributed by atoms with van der Waals surface area (Å²) in [6.45, 7) is 10.7. The Labute approximate surface area is 173 Å². The molecule has 2 heterocycles. The van der Waals surface area contributed by atoms with E-state index < -0.39 is 0 Å². The van der Waals surface area contributed by atoms with Gasteiger partial charge in [-0.2, -0.15) is 0 Å². The Morgan fingerprint density at radius 2 is 2.16 bits per heavy atom. The third-order valence-corrected chi connectivity index (χ3v) is 5.29. The zero-order valence-corrected chi connectivity index (χ0v) is 18.9. The van der Waals surface area contributed by atoms with E-state index in [2.05, 4.69) is 53.5 Å². The number of unbranched alkanes of at least 4 members (excludes halogenated alkanes) is 1. The van der Waals surface area contributed by atoms with Crippen LogP contribution < -0.4 is 5.32 Å². The maximum Gasteiger partial charge on any atom is 0.193 e. The molecule has 7 heteroatoms. The first kappa shape index (κ1) is 22.7. The molecule has 1 aromatic heterocycles. The van der Waals surface area contributed by atoms with Crippen molar-refractivity contribution in [1.29, 1.82) is 0 Å². The summed E-state index contributed by atoms with van der Waals surface area (Å²) in [6, 6.07) is 4.71. The molecule has 1 aromatic rings. The number of guanidine groups is 1. The Balaban J connectivity index is 0.00000312. The van der Waals surface area contributed by atoms with Gasteiger partial charge in [0.05, 0.1) is 25.8 Å². The lowest BCUT2D eigenvalue weighted by molar-refractivity contribution is 0.0186. The molecule has 0 aliphatic carbocycles. The van der Waals surface area contributed by atoms with E-state index in [-0.39, 0.29) is 24.0 Å². The normalized spacial score (nSPS) is 17.0. The number of nitrogens with zero attached hydrogens (tertiary/aromatic N) is 3. The van der Waals surface area contributed by atoms with Gasteiger partial charge in [0.2, 0.25) is 0 Å². The van der Waals surface area contributed by atoms with Gasteiger partial charge >= 0.3 is 0 Å². The van der Waals surface area contributed by atoms with Crippen LogP contribution in [0.15, 0.2) is 22.5 Å². The van der Waals surface area contributed by atoms with Crippen molar-refractivity contribution in [3.8, 4) is 0 Å². The van der Waals surface area contributed by atoms with Crippen molar-refractivity contribution in [3.63, 3.8) is 0 Å². The minimum atomic E-state index is 0. The van der Waals surface area contributed by atoms with E-state index in [1.54, 1.807) is 0 Å². The number of hydrogen-bond acceptors (Lipinski definition) is 4. The Morgan fingerprint density at radius 3 is 2.76 bits per heavy atom. The minimum Gasteiger partial charge on any atom is -0.379 e. The molecule has 1 aliphatic heterocycles. The van der Waals surface area contributed by atoms with Crippen molar-refractivity contribution in [1.82, 2.24) is 15.1 Å². The average molecular weight is 480 g/mol. The topological polar surface area (TPSA) is 40.1 Å². The van der Waals surface area contributed by atoms with Crippen molar-refractivity contribution in [2.75, 3.05) is 53.0 Å².